The van der Waals surface area contributed by atoms with Crippen molar-refractivity contribution in [2.75, 3.05) is 0 Å². The molecule has 3 heteroatoms. The van der Waals surface area contributed by atoms with Gasteiger partial charge in [-0.15, -0.1) is 0 Å². The van der Waals surface area contributed by atoms with Crippen LogP contribution in [0.2, 0.25) is 5.15 Å². The van der Waals surface area contributed by atoms with Crippen molar-refractivity contribution in [2.45, 2.75) is 26.7 Å². The first-order chi connectivity index (χ1) is 6.19. The summed E-state index contributed by atoms with van der Waals surface area (Å²) in [5.41, 5.74) is 2.50. The number of nitrogens with zero attached hydrogens (tertiary/aromatic N) is 2. The second-order valence-electron chi connectivity index (χ2n) is 2.93. The molecule has 0 saturated heterocycles. The molecule has 0 atom stereocenters. The Morgan fingerprint density at radius 1 is 1.62 bits per heavy atom. The van der Waals surface area contributed by atoms with Crippen molar-refractivity contribution in [1.82, 2.24) is 4.98 Å². The summed E-state index contributed by atoms with van der Waals surface area (Å²) in [6.45, 7) is 4.01. The molecular formula is C10H11ClN2. The Bertz CT molecular complexity index is 353. The molecule has 68 valence electrons. The van der Waals surface area contributed by atoms with Gasteiger partial charge in [0.15, 0.2) is 0 Å². The van der Waals surface area contributed by atoms with E-state index in [-0.39, 0.29) is 0 Å². The number of rotatable bonds is 2. The second-order valence-corrected chi connectivity index (χ2v) is 3.29. The van der Waals surface area contributed by atoms with E-state index in [0.717, 1.165) is 24.1 Å². The van der Waals surface area contributed by atoms with Crippen molar-refractivity contribution in [3.8, 4) is 6.07 Å². The minimum absolute atomic E-state index is 0.305. The molecule has 0 N–H and O–H groups in total. The third kappa shape index (κ3) is 2.19. The van der Waals surface area contributed by atoms with Crippen LogP contribution < -0.4 is 0 Å². The number of aromatic nitrogens is 1. The van der Waals surface area contributed by atoms with Gasteiger partial charge in [0.2, 0.25) is 0 Å². The fourth-order valence-corrected chi connectivity index (χ4v) is 1.44. The van der Waals surface area contributed by atoms with Gasteiger partial charge in [-0.1, -0.05) is 24.9 Å². The maximum Gasteiger partial charge on any atom is 0.147 e. The highest BCUT2D eigenvalue weighted by atomic mass is 35.5. The van der Waals surface area contributed by atoms with E-state index in [2.05, 4.69) is 11.9 Å². The van der Waals surface area contributed by atoms with Crippen molar-refractivity contribution in [3.63, 3.8) is 0 Å². The minimum Gasteiger partial charge on any atom is -0.240 e. The van der Waals surface area contributed by atoms with Crippen LogP contribution in [0.4, 0.5) is 0 Å². The molecule has 0 aliphatic carbocycles. The Hall–Kier alpha value is -1.07. The summed E-state index contributed by atoms with van der Waals surface area (Å²) < 4.78 is 0. The molecule has 0 unspecified atom stereocenters. The van der Waals surface area contributed by atoms with E-state index in [4.69, 9.17) is 16.9 Å². The smallest absolute Gasteiger partial charge is 0.147 e. The fourth-order valence-electron chi connectivity index (χ4n) is 1.22. The lowest BCUT2D eigenvalue weighted by Gasteiger charge is -2.04. The van der Waals surface area contributed by atoms with E-state index >= 15 is 0 Å². The minimum atomic E-state index is 0.305. The predicted molar refractivity (Wildman–Crippen MR) is 52.7 cm³/mol. The van der Waals surface area contributed by atoms with E-state index in [1.54, 1.807) is 0 Å². The highest BCUT2D eigenvalue weighted by Gasteiger charge is 2.05. The third-order valence-electron chi connectivity index (χ3n) is 1.91. The Morgan fingerprint density at radius 3 is 2.85 bits per heavy atom. The van der Waals surface area contributed by atoms with Crippen LogP contribution in [0.1, 0.15) is 30.2 Å². The van der Waals surface area contributed by atoms with E-state index < -0.39 is 0 Å². The Labute approximate surface area is 83.2 Å². The first-order valence-electron chi connectivity index (χ1n) is 4.25. The lowest BCUT2D eigenvalue weighted by atomic mass is 10.1. The number of nitriles is 1. The summed E-state index contributed by atoms with van der Waals surface area (Å²) in [6.07, 6.45) is 2.00. The molecule has 0 aliphatic heterocycles. The lowest BCUT2D eigenvalue weighted by Crippen LogP contribution is -1.95. The summed E-state index contributed by atoms with van der Waals surface area (Å²) in [5, 5.41) is 9.03. The molecule has 0 amide bonds. The van der Waals surface area contributed by atoms with Gasteiger partial charge in [0.25, 0.3) is 0 Å². The van der Waals surface area contributed by atoms with Crippen LogP contribution in [0.25, 0.3) is 0 Å². The van der Waals surface area contributed by atoms with Gasteiger partial charge in [0, 0.05) is 5.69 Å². The average molecular weight is 195 g/mol. The molecule has 0 bridgehead atoms. The monoisotopic (exact) mass is 194 g/mol. The third-order valence-corrected chi connectivity index (χ3v) is 2.20. The van der Waals surface area contributed by atoms with Crippen LogP contribution in [0.15, 0.2) is 6.07 Å². The molecule has 0 spiro atoms. The first kappa shape index (κ1) is 10.0. The fraction of sp³-hybridized carbons (Fsp3) is 0.400. The van der Waals surface area contributed by atoms with Crippen LogP contribution in [-0.4, -0.2) is 4.98 Å². The molecule has 0 saturated carbocycles. The van der Waals surface area contributed by atoms with Crippen molar-refractivity contribution < 1.29 is 0 Å². The standard InChI is InChI=1S/C10H11ClN2/c1-3-4-8-5-9(6-12)10(11)13-7(8)2/h5H,3-4H2,1-2H3. The van der Waals surface area contributed by atoms with Crippen LogP contribution in [-0.2, 0) is 6.42 Å². The van der Waals surface area contributed by atoms with Gasteiger partial charge in [0.05, 0.1) is 5.56 Å². The predicted octanol–water partition coefficient (Wildman–Crippen LogP) is 2.87. The van der Waals surface area contributed by atoms with E-state index in [1.165, 1.54) is 0 Å². The lowest BCUT2D eigenvalue weighted by molar-refractivity contribution is 0.897. The summed E-state index contributed by atoms with van der Waals surface area (Å²) in [5.74, 6) is 0. The molecular weight excluding hydrogens is 184 g/mol. The Kier molecular flexibility index (Phi) is 3.27. The van der Waals surface area contributed by atoms with Gasteiger partial charge in [-0.05, 0) is 25.0 Å². The van der Waals surface area contributed by atoms with Crippen molar-refractivity contribution >= 4 is 11.6 Å². The van der Waals surface area contributed by atoms with Gasteiger partial charge in [-0.2, -0.15) is 5.26 Å². The maximum absolute atomic E-state index is 8.73. The van der Waals surface area contributed by atoms with Crippen LogP contribution in [0.3, 0.4) is 0 Å². The zero-order valence-corrected chi connectivity index (χ0v) is 8.52. The topological polar surface area (TPSA) is 36.7 Å². The largest absolute Gasteiger partial charge is 0.240 e. The number of hydrogen-bond donors (Lipinski definition) is 0. The molecule has 0 aromatic carbocycles. The van der Waals surface area contributed by atoms with Gasteiger partial charge < -0.3 is 0 Å². The van der Waals surface area contributed by atoms with Gasteiger partial charge in [0.1, 0.15) is 11.2 Å². The molecule has 1 heterocycles. The van der Waals surface area contributed by atoms with Crippen LogP contribution >= 0.6 is 11.6 Å². The van der Waals surface area contributed by atoms with Crippen LogP contribution in [0, 0.1) is 18.3 Å². The molecule has 1 aromatic heterocycles. The van der Waals surface area contributed by atoms with Gasteiger partial charge in [-0.25, -0.2) is 4.98 Å². The molecule has 0 fully saturated rings. The zero-order chi connectivity index (χ0) is 9.84. The quantitative estimate of drug-likeness (QED) is 0.679. The summed E-state index contributed by atoms with van der Waals surface area (Å²) in [4.78, 5) is 4.11. The van der Waals surface area contributed by atoms with Crippen molar-refractivity contribution in [3.05, 3.63) is 28.0 Å². The second kappa shape index (κ2) is 4.25. The van der Waals surface area contributed by atoms with Gasteiger partial charge in [-0.3, -0.25) is 0 Å². The highest BCUT2D eigenvalue weighted by Crippen LogP contribution is 2.17. The van der Waals surface area contributed by atoms with E-state index in [9.17, 15) is 0 Å². The first-order valence-corrected chi connectivity index (χ1v) is 4.63. The number of halogens is 1. The van der Waals surface area contributed by atoms with E-state index in [1.807, 2.05) is 19.1 Å². The SMILES string of the molecule is CCCc1cc(C#N)c(Cl)nc1C. The van der Waals surface area contributed by atoms with Crippen LogP contribution in [0.5, 0.6) is 0 Å². The summed E-state index contributed by atoms with van der Waals surface area (Å²) >= 11 is 5.77. The Morgan fingerprint density at radius 2 is 2.31 bits per heavy atom. The molecule has 1 aromatic rings. The molecule has 2 nitrogen and oxygen atoms in total. The van der Waals surface area contributed by atoms with Crippen molar-refractivity contribution in [2.24, 2.45) is 0 Å². The number of aryl methyl sites for hydroxylation is 2. The highest BCUT2D eigenvalue weighted by molar-refractivity contribution is 6.30. The Balaban J connectivity index is 3.16. The summed E-state index contributed by atoms with van der Waals surface area (Å²) in [6, 6.07) is 3.85. The van der Waals surface area contributed by atoms with Gasteiger partial charge >= 0.3 is 0 Å². The molecule has 1 rings (SSSR count). The van der Waals surface area contributed by atoms with Crippen molar-refractivity contribution in [1.29, 1.82) is 5.26 Å². The molecule has 0 radical (unpaired) electrons. The number of hydrogen-bond acceptors (Lipinski definition) is 2. The maximum atomic E-state index is 8.73. The summed E-state index contributed by atoms with van der Waals surface area (Å²) in [7, 11) is 0. The number of pyridine rings is 1. The average Bonchev–Trinajstić information content (AvgIpc) is 2.10. The normalized spacial score (nSPS) is 9.69. The van der Waals surface area contributed by atoms with E-state index in [0.29, 0.717) is 10.7 Å². The molecule has 13 heavy (non-hydrogen) atoms. The molecule has 0 aliphatic rings. The zero-order valence-electron chi connectivity index (χ0n) is 7.76.